The van der Waals surface area contributed by atoms with E-state index >= 15 is 0 Å². The SMILES string of the molecule is CN=C(NCCCc1nc(C)no1)NCc1ccc(C)cc1OCC(F)(F)F.I. The molecule has 162 valence electrons. The summed E-state index contributed by atoms with van der Waals surface area (Å²) in [5.74, 6) is 1.91. The van der Waals surface area contributed by atoms with E-state index in [1.807, 2.05) is 6.07 Å². The fourth-order valence-electron chi connectivity index (χ4n) is 2.39. The first-order chi connectivity index (χ1) is 13.3. The molecule has 0 aliphatic rings. The Labute approximate surface area is 184 Å². The van der Waals surface area contributed by atoms with Gasteiger partial charge in [-0.3, -0.25) is 4.99 Å². The number of benzene rings is 1. The summed E-state index contributed by atoms with van der Waals surface area (Å²) in [6, 6.07) is 5.14. The van der Waals surface area contributed by atoms with Crippen molar-refractivity contribution < 1.29 is 22.4 Å². The molecule has 0 radical (unpaired) electrons. The molecular weight excluding hydrogens is 502 g/mol. The van der Waals surface area contributed by atoms with Gasteiger partial charge >= 0.3 is 6.18 Å². The first-order valence-corrected chi connectivity index (χ1v) is 8.79. The third kappa shape index (κ3) is 9.33. The second-order valence-corrected chi connectivity index (χ2v) is 6.21. The minimum Gasteiger partial charge on any atom is -0.484 e. The number of aliphatic imine (C=N–C) groups is 1. The highest BCUT2D eigenvalue weighted by molar-refractivity contribution is 14.0. The molecule has 1 aromatic heterocycles. The molecule has 0 spiro atoms. The van der Waals surface area contributed by atoms with Crippen LogP contribution < -0.4 is 15.4 Å². The Bertz CT molecular complexity index is 796. The van der Waals surface area contributed by atoms with Gasteiger partial charge < -0.3 is 19.9 Å². The lowest BCUT2D eigenvalue weighted by Crippen LogP contribution is -2.37. The summed E-state index contributed by atoms with van der Waals surface area (Å²) in [5.41, 5.74) is 1.43. The van der Waals surface area contributed by atoms with E-state index in [9.17, 15) is 13.2 Å². The van der Waals surface area contributed by atoms with Crippen LogP contribution in [0.25, 0.3) is 0 Å². The zero-order valence-electron chi connectivity index (χ0n) is 16.5. The molecule has 1 heterocycles. The largest absolute Gasteiger partial charge is 0.484 e. The van der Waals surface area contributed by atoms with Crippen LogP contribution >= 0.6 is 24.0 Å². The standard InChI is InChI=1S/C18H24F3N5O2.HI/c1-12-6-7-14(15(9-12)27-11-18(19,20)21)10-24-17(22-3)23-8-4-5-16-25-13(2)26-28-16;/h6-7,9H,4-5,8,10-11H2,1-3H3,(H2,22,23,24);1H. The average molecular weight is 527 g/mol. The summed E-state index contributed by atoms with van der Waals surface area (Å²) >= 11 is 0. The van der Waals surface area contributed by atoms with Gasteiger partial charge in [0.15, 0.2) is 18.4 Å². The van der Waals surface area contributed by atoms with Gasteiger partial charge in [0.05, 0.1) is 0 Å². The number of ether oxygens (including phenoxy) is 1. The van der Waals surface area contributed by atoms with E-state index in [0.29, 0.717) is 36.2 Å². The Balaban J connectivity index is 0.00000420. The fraction of sp³-hybridized carbons (Fsp3) is 0.500. The highest BCUT2D eigenvalue weighted by Gasteiger charge is 2.28. The maximum atomic E-state index is 12.5. The number of halogens is 4. The molecule has 0 aliphatic carbocycles. The van der Waals surface area contributed by atoms with Gasteiger partial charge in [-0.1, -0.05) is 17.3 Å². The Morgan fingerprint density at radius 3 is 2.62 bits per heavy atom. The van der Waals surface area contributed by atoms with Crippen LogP contribution in [0.5, 0.6) is 5.75 Å². The molecule has 11 heteroatoms. The number of rotatable bonds is 8. The van der Waals surface area contributed by atoms with Crippen molar-refractivity contribution in [2.24, 2.45) is 4.99 Å². The van der Waals surface area contributed by atoms with E-state index in [2.05, 4.69) is 25.8 Å². The molecule has 2 N–H and O–H groups in total. The maximum Gasteiger partial charge on any atom is 0.422 e. The van der Waals surface area contributed by atoms with Crippen molar-refractivity contribution in [1.82, 2.24) is 20.8 Å². The summed E-state index contributed by atoms with van der Waals surface area (Å²) in [7, 11) is 1.62. The molecule has 0 atom stereocenters. The highest BCUT2D eigenvalue weighted by Crippen LogP contribution is 2.23. The van der Waals surface area contributed by atoms with Crippen LogP contribution in [0, 0.1) is 13.8 Å². The Morgan fingerprint density at radius 1 is 1.24 bits per heavy atom. The molecule has 1 aromatic carbocycles. The van der Waals surface area contributed by atoms with E-state index < -0.39 is 12.8 Å². The lowest BCUT2D eigenvalue weighted by atomic mass is 10.1. The van der Waals surface area contributed by atoms with E-state index in [1.165, 1.54) is 0 Å². The number of nitrogens with zero attached hydrogens (tertiary/aromatic N) is 3. The summed E-state index contributed by atoms with van der Waals surface area (Å²) in [6.07, 6.45) is -2.99. The van der Waals surface area contributed by atoms with Gasteiger partial charge in [0.25, 0.3) is 0 Å². The van der Waals surface area contributed by atoms with Crippen LogP contribution in [-0.4, -0.2) is 42.5 Å². The third-order valence-electron chi connectivity index (χ3n) is 3.71. The molecule has 0 saturated heterocycles. The lowest BCUT2D eigenvalue weighted by Gasteiger charge is -2.16. The predicted molar refractivity (Wildman–Crippen MR) is 114 cm³/mol. The van der Waals surface area contributed by atoms with Gasteiger partial charge in [0.1, 0.15) is 5.75 Å². The molecule has 29 heavy (non-hydrogen) atoms. The minimum absolute atomic E-state index is 0. The van der Waals surface area contributed by atoms with E-state index in [1.54, 1.807) is 33.0 Å². The first kappa shape index (κ1) is 25.0. The zero-order chi connectivity index (χ0) is 20.6. The van der Waals surface area contributed by atoms with Gasteiger partial charge in [-0.15, -0.1) is 24.0 Å². The average Bonchev–Trinajstić information content (AvgIpc) is 3.05. The molecule has 0 aliphatic heterocycles. The number of aryl methyl sites for hydroxylation is 3. The van der Waals surface area contributed by atoms with Crippen LogP contribution in [0.3, 0.4) is 0 Å². The van der Waals surface area contributed by atoms with Crippen molar-refractivity contribution in [2.45, 2.75) is 39.4 Å². The number of guanidine groups is 1. The fourth-order valence-corrected chi connectivity index (χ4v) is 2.39. The number of hydrogen-bond donors (Lipinski definition) is 2. The molecule has 0 bridgehead atoms. The van der Waals surface area contributed by atoms with Crippen molar-refractivity contribution in [1.29, 1.82) is 0 Å². The normalized spacial score (nSPS) is 11.7. The molecule has 0 amide bonds. The molecular formula is C18H25F3IN5O2. The monoisotopic (exact) mass is 527 g/mol. The smallest absolute Gasteiger partial charge is 0.422 e. The minimum atomic E-state index is -4.39. The molecule has 2 aromatic rings. The number of aromatic nitrogens is 2. The summed E-state index contributed by atoms with van der Waals surface area (Å²) in [6.45, 7) is 3.12. The summed E-state index contributed by atoms with van der Waals surface area (Å²) in [5, 5.41) is 9.93. The zero-order valence-corrected chi connectivity index (χ0v) is 18.8. The second kappa shape index (κ2) is 11.8. The topological polar surface area (TPSA) is 84.6 Å². The van der Waals surface area contributed by atoms with Crippen LogP contribution in [-0.2, 0) is 13.0 Å². The second-order valence-electron chi connectivity index (χ2n) is 6.21. The Kier molecular flexibility index (Phi) is 10.2. The molecule has 0 saturated carbocycles. The molecule has 2 rings (SSSR count). The van der Waals surface area contributed by atoms with Crippen molar-refractivity contribution in [3.05, 3.63) is 41.0 Å². The Hall–Kier alpha value is -2.05. The number of alkyl halides is 3. The van der Waals surface area contributed by atoms with E-state index in [-0.39, 0.29) is 36.3 Å². The lowest BCUT2D eigenvalue weighted by molar-refractivity contribution is -0.153. The molecule has 0 unspecified atom stereocenters. The van der Waals surface area contributed by atoms with Gasteiger partial charge in [-0.05, 0) is 31.9 Å². The van der Waals surface area contributed by atoms with Crippen molar-refractivity contribution >= 4 is 29.9 Å². The van der Waals surface area contributed by atoms with Gasteiger partial charge in [0, 0.05) is 32.1 Å². The van der Waals surface area contributed by atoms with Crippen LogP contribution in [0.15, 0.2) is 27.7 Å². The van der Waals surface area contributed by atoms with Crippen LogP contribution in [0.2, 0.25) is 0 Å². The number of hydrogen-bond acceptors (Lipinski definition) is 5. The van der Waals surface area contributed by atoms with Crippen LogP contribution in [0.4, 0.5) is 13.2 Å². The Morgan fingerprint density at radius 2 is 2.00 bits per heavy atom. The number of nitrogens with one attached hydrogen (secondary N) is 2. The van der Waals surface area contributed by atoms with Crippen molar-refractivity contribution in [2.75, 3.05) is 20.2 Å². The highest BCUT2D eigenvalue weighted by atomic mass is 127. The molecule has 0 fully saturated rings. The maximum absolute atomic E-state index is 12.5. The third-order valence-corrected chi connectivity index (χ3v) is 3.71. The predicted octanol–water partition coefficient (Wildman–Crippen LogP) is 3.54. The van der Waals surface area contributed by atoms with Crippen molar-refractivity contribution in [3.63, 3.8) is 0 Å². The summed E-state index contributed by atoms with van der Waals surface area (Å²) in [4.78, 5) is 8.24. The van der Waals surface area contributed by atoms with E-state index in [4.69, 9.17) is 9.26 Å². The van der Waals surface area contributed by atoms with Crippen LogP contribution in [0.1, 0.15) is 29.3 Å². The van der Waals surface area contributed by atoms with Gasteiger partial charge in [0.2, 0.25) is 5.89 Å². The quantitative estimate of drug-likeness (QED) is 0.237. The van der Waals surface area contributed by atoms with Crippen molar-refractivity contribution in [3.8, 4) is 5.75 Å². The first-order valence-electron chi connectivity index (χ1n) is 8.79. The van der Waals surface area contributed by atoms with Gasteiger partial charge in [-0.2, -0.15) is 18.2 Å². The van der Waals surface area contributed by atoms with Gasteiger partial charge in [-0.25, -0.2) is 0 Å². The molecule has 7 nitrogen and oxygen atoms in total. The van der Waals surface area contributed by atoms with E-state index in [0.717, 1.165) is 12.0 Å². The summed E-state index contributed by atoms with van der Waals surface area (Å²) < 4.78 is 47.4.